The number of nitrogens with zero attached hydrogens (tertiary/aromatic N) is 4. The van der Waals surface area contributed by atoms with Crippen molar-refractivity contribution >= 4 is 43.1 Å². The van der Waals surface area contributed by atoms with Crippen LogP contribution in [-0.2, 0) is 36.7 Å². The number of carbonyl (C=O) groups excluding carboxylic acids is 4. The predicted molar refractivity (Wildman–Crippen MR) is 224 cm³/mol. The van der Waals surface area contributed by atoms with Gasteiger partial charge in [-0.05, 0) is 83.2 Å². The highest BCUT2D eigenvalue weighted by atomic mass is 79.9. The lowest BCUT2D eigenvalue weighted by Crippen LogP contribution is -3.00. The number of nitro benzene ring substituents is 1. The lowest BCUT2D eigenvalue weighted by molar-refractivity contribution is -1.08. The number of amides is 2. The topological polar surface area (TPSA) is 159 Å². The first-order valence-corrected chi connectivity index (χ1v) is 23.6. The second-order valence-corrected chi connectivity index (χ2v) is 23.9. The van der Waals surface area contributed by atoms with Crippen LogP contribution in [0.15, 0.2) is 66.4 Å². The number of esters is 1. The lowest BCUT2D eigenvalue weighted by Gasteiger charge is -2.55. The Balaban J connectivity index is 0.00000311. The van der Waals surface area contributed by atoms with Gasteiger partial charge in [0, 0.05) is 34.7 Å². The van der Waals surface area contributed by atoms with E-state index >= 15 is 0 Å². The molecular formula is C45H55Br2N5O8Si. The van der Waals surface area contributed by atoms with Crippen LogP contribution in [0.3, 0.4) is 0 Å². The van der Waals surface area contributed by atoms with Gasteiger partial charge in [-0.3, -0.25) is 24.5 Å². The average Bonchev–Trinajstić information content (AvgIpc) is 3.60. The molecule has 61 heavy (non-hydrogen) atoms. The minimum atomic E-state index is -2.24. The van der Waals surface area contributed by atoms with Gasteiger partial charge in [-0.15, -0.1) is 0 Å². The number of β-lactam (4-membered cyclic amide) rings is 1. The summed E-state index contributed by atoms with van der Waals surface area (Å²) in [5.74, 6) is -1.85. The molecule has 5 heterocycles. The SMILES string of the molecule is C[C@@H](O[Si](C)(C)C(C)(C)C)[C@H]1C(=O)N2C(C(=O)OCc3ccc([N+](=O)[O-])cc3)=C(c3ccc4c(c3)-c3ccc(C[N+]56CC[N+](CC(N)=O)(CC5)CC6)cc3C4=O)[C@H](C)[C@H]12.[Br-].[Br-]. The Labute approximate surface area is 379 Å². The molecule has 0 saturated carbocycles. The predicted octanol–water partition coefficient (Wildman–Crippen LogP) is -0.198. The number of non-ortho nitro benzene ring substituents is 1. The van der Waals surface area contributed by atoms with Crippen LogP contribution in [0.5, 0.6) is 0 Å². The number of carbonyl (C=O) groups is 4. The minimum Gasteiger partial charge on any atom is -1.00 e. The number of ether oxygens (including phenoxy) is 1. The highest BCUT2D eigenvalue weighted by Crippen LogP contribution is 2.53. The van der Waals surface area contributed by atoms with Crippen molar-refractivity contribution < 1.29 is 76.2 Å². The number of hydrogen-bond donors (Lipinski definition) is 1. The summed E-state index contributed by atoms with van der Waals surface area (Å²) in [6.45, 7) is 21.6. The Morgan fingerprint density at radius 3 is 2.07 bits per heavy atom. The van der Waals surface area contributed by atoms with Gasteiger partial charge in [0.1, 0.15) is 58.1 Å². The van der Waals surface area contributed by atoms with Gasteiger partial charge >= 0.3 is 5.97 Å². The van der Waals surface area contributed by atoms with Gasteiger partial charge in [0.15, 0.2) is 20.6 Å². The van der Waals surface area contributed by atoms with Gasteiger partial charge in [0.2, 0.25) is 5.91 Å². The summed E-state index contributed by atoms with van der Waals surface area (Å²) in [5, 5.41) is 11.1. The van der Waals surface area contributed by atoms with E-state index in [0.717, 1.165) is 77.0 Å². The number of hydrogen-bond acceptors (Lipinski definition) is 8. The van der Waals surface area contributed by atoms with Crippen LogP contribution in [0.25, 0.3) is 16.7 Å². The highest BCUT2D eigenvalue weighted by molar-refractivity contribution is 6.74. The first-order chi connectivity index (χ1) is 27.7. The highest BCUT2D eigenvalue weighted by Gasteiger charge is 2.61. The molecule has 13 nitrogen and oxygen atoms in total. The van der Waals surface area contributed by atoms with Gasteiger partial charge in [-0.1, -0.05) is 45.9 Å². The van der Waals surface area contributed by atoms with Crippen LogP contribution in [0.4, 0.5) is 5.69 Å². The molecule has 4 saturated heterocycles. The molecule has 3 aromatic rings. The van der Waals surface area contributed by atoms with Gasteiger partial charge in [-0.2, -0.15) is 0 Å². The van der Waals surface area contributed by atoms with E-state index in [1.807, 2.05) is 44.2 Å². The number of ketones is 1. The number of quaternary nitrogens is 2. The fraction of sp³-hybridized carbons (Fsp3) is 0.467. The normalized spacial score (nSPS) is 25.4. The zero-order valence-electron chi connectivity index (χ0n) is 35.8. The molecule has 3 aromatic carbocycles. The van der Waals surface area contributed by atoms with Crippen molar-refractivity contribution in [3.05, 3.63) is 104 Å². The van der Waals surface area contributed by atoms with Crippen molar-refractivity contribution in [2.45, 2.75) is 78.0 Å². The first-order valence-electron chi connectivity index (χ1n) is 20.7. The summed E-state index contributed by atoms with van der Waals surface area (Å²) in [7, 11) is -2.24. The van der Waals surface area contributed by atoms with E-state index in [2.05, 4.69) is 39.9 Å². The fourth-order valence-electron chi connectivity index (χ4n) is 10.1. The quantitative estimate of drug-likeness (QED) is 0.0511. The van der Waals surface area contributed by atoms with Crippen molar-refractivity contribution in [3.63, 3.8) is 0 Å². The number of primary amides is 1. The number of fused-ring (bicyclic) bond motifs is 7. The third-order valence-corrected chi connectivity index (χ3v) is 19.1. The van der Waals surface area contributed by atoms with Gasteiger partial charge in [0.05, 0.1) is 23.0 Å². The molecule has 326 valence electrons. The number of nitrogens with two attached hydrogens (primary N) is 1. The third-order valence-electron chi connectivity index (χ3n) is 14.5. The molecule has 16 heteroatoms. The summed E-state index contributed by atoms with van der Waals surface area (Å²) >= 11 is 0. The summed E-state index contributed by atoms with van der Waals surface area (Å²) in [4.78, 5) is 66.5. The van der Waals surface area contributed by atoms with Crippen LogP contribution >= 0.6 is 0 Å². The average molecular weight is 982 g/mol. The van der Waals surface area contributed by atoms with Gasteiger partial charge in [0.25, 0.3) is 11.6 Å². The molecule has 0 unspecified atom stereocenters. The lowest BCUT2D eigenvalue weighted by atomic mass is 9.76. The number of piperazine rings is 3. The molecule has 9 rings (SSSR count). The van der Waals surface area contributed by atoms with Crippen LogP contribution in [-0.4, -0.2) is 109 Å². The molecule has 2 bridgehead atoms. The van der Waals surface area contributed by atoms with Crippen molar-refractivity contribution in [1.29, 1.82) is 0 Å². The minimum absolute atomic E-state index is 0. The smallest absolute Gasteiger partial charge is 0.355 e. The monoisotopic (exact) mass is 979 g/mol. The van der Waals surface area contributed by atoms with E-state index in [4.69, 9.17) is 14.9 Å². The van der Waals surface area contributed by atoms with Gasteiger partial charge < -0.3 is 62.7 Å². The number of nitro groups is 1. The second-order valence-electron chi connectivity index (χ2n) is 19.1. The summed E-state index contributed by atoms with van der Waals surface area (Å²) in [6, 6.07) is 17.4. The van der Waals surface area contributed by atoms with Crippen molar-refractivity contribution in [2.24, 2.45) is 17.6 Å². The number of rotatable bonds is 12. The zero-order chi connectivity index (χ0) is 42.4. The molecule has 0 aromatic heterocycles. The van der Waals surface area contributed by atoms with E-state index in [1.54, 1.807) is 17.0 Å². The van der Waals surface area contributed by atoms with E-state index < -0.39 is 25.1 Å². The Morgan fingerprint density at radius 1 is 0.885 bits per heavy atom. The molecule has 5 aliphatic heterocycles. The Hall–Kier alpha value is -4.06. The molecule has 1 aliphatic carbocycles. The Bertz CT molecular complexity index is 2320. The van der Waals surface area contributed by atoms with Crippen LogP contribution in [0.2, 0.25) is 18.1 Å². The summed E-state index contributed by atoms with van der Waals surface area (Å²) in [6.07, 6.45) is -0.375. The fourth-order valence-corrected chi connectivity index (χ4v) is 11.5. The maximum Gasteiger partial charge on any atom is 0.355 e. The maximum absolute atomic E-state index is 14.2. The van der Waals surface area contributed by atoms with E-state index in [-0.39, 0.29) is 92.7 Å². The van der Waals surface area contributed by atoms with E-state index in [1.165, 1.54) is 12.1 Å². The molecule has 2 N–H and O–H groups in total. The first kappa shape index (κ1) is 46.4. The Kier molecular flexibility index (Phi) is 12.6. The molecule has 0 spiro atoms. The maximum atomic E-state index is 14.2. The van der Waals surface area contributed by atoms with Gasteiger partial charge in [-0.25, -0.2) is 4.79 Å². The number of benzene rings is 3. The molecule has 2 amide bonds. The number of halogens is 2. The standard InChI is InChI=1S/C45H54N5O8Si.2BrH/c1-27-38(31-11-15-34-35(23-31)33-14-10-30(22-36(33)42(34)52)24-49-16-19-50(20-17-49,21-18-49)25-37(46)51)41(44(54)57-26-29-8-12-32(13-9-29)48(55)56)47-40(27)39(43(47)53)28(2)58-59(6,7)45(3,4)5;;/h8-15,22-23,27-28,39-40H,16-21,24-26H2,1-7H3,(H-,46,51);2*1H/q+1;;/p-1/t27-,28+,39+,40+,49?,50?;;/m0../s1. The van der Waals surface area contributed by atoms with E-state index in [9.17, 15) is 29.3 Å². The van der Waals surface area contributed by atoms with Crippen LogP contribution in [0.1, 0.15) is 67.2 Å². The second kappa shape index (κ2) is 16.6. The molecule has 4 atom stereocenters. The molecular weight excluding hydrogens is 926 g/mol. The Morgan fingerprint density at radius 2 is 1.48 bits per heavy atom. The third kappa shape index (κ3) is 8.08. The molecule has 6 aliphatic rings. The molecule has 0 radical (unpaired) electrons. The summed E-state index contributed by atoms with van der Waals surface area (Å²) < 4.78 is 14.3. The largest absolute Gasteiger partial charge is 1.00 e. The van der Waals surface area contributed by atoms with Crippen molar-refractivity contribution in [2.75, 3.05) is 45.8 Å². The van der Waals surface area contributed by atoms with Crippen molar-refractivity contribution in [1.82, 2.24) is 4.90 Å². The van der Waals surface area contributed by atoms with Crippen molar-refractivity contribution in [3.8, 4) is 11.1 Å². The van der Waals surface area contributed by atoms with Crippen LogP contribution < -0.4 is 39.7 Å². The van der Waals surface area contributed by atoms with Crippen LogP contribution in [0, 0.1) is 22.0 Å². The summed E-state index contributed by atoms with van der Waals surface area (Å²) in [5.41, 5.74) is 11.7. The molecule has 4 fully saturated rings. The zero-order valence-corrected chi connectivity index (χ0v) is 40.0. The van der Waals surface area contributed by atoms with E-state index in [0.29, 0.717) is 28.8 Å².